The lowest BCUT2D eigenvalue weighted by atomic mass is 10.2. The van der Waals surface area contributed by atoms with Gasteiger partial charge in [0, 0.05) is 22.3 Å². The molecule has 1 aromatic heterocycles. The molecule has 1 aliphatic rings. The topological polar surface area (TPSA) is 32.3 Å². The Balaban J connectivity index is 1.87. The first-order valence-electron chi connectivity index (χ1n) is 5.64. The zero-order chi connectivity index (χ0) is 10.8. The van der Waals surface area contributed by atoms with Crippen LogP contribution in [0.25, 0.3) is 0 Å². The summed E-state index contributed by atoms with van der Waals surface area (Å²) >= 11 is 1.85. The van der Waals surface area contributed by atoms with Gasteiger partial charge in [0.1, 0.15) is 0 Å². The molecule has 15 heavy (non-hydrogen) atoms. The van der Waals surface area contributed by atoms with E-state index in [4.69, 9.17) is 0 Å². The van der Waals surface area contributed by atoms with Crippen molar-refractivity contribution in [1.82, 2.24) is 5.32 Å². The SMILES string of the molecule is Cc1cc(CN[C@H]2CCC[C@@H]2O)sc1C. The van der Waals surface area contributed by atoms with E-state index >= 15 is 0 Å². The van der Waals surface area contributed by atoms with Crippen LogP contribution in [0, 0.1) is 13.8 Å². The maximum Gasteiger partial charge on any atom is 0.0693 e. The van der Waals surface area contributed by atoms with Gasteiger partial charge < -0.3 is 10.4 Å². The fraction of sp³-hybridized carbons (Fsp3) is 0.667. The molecular weight excluding hydrogens is 206 g/mol. The highest BCUT2D eigenvalue weighted by Crippen LogP contribution is 2.22. The van der Waals surface area contributed by atoms with Crippen molar-refractivity contribution >= 4 is 11.3 Å². The third kappa shape index (κ3) is 2.60. The van der Waals surface area contributed by atoms with Gasteiger partial charge in [0.15, 0.2) is 0 Å². The van der Waals surface area contributed by atoms with E-state index in [-0.39, 0.29) is 6.10 Å². The smallest absolute Gasteiger partial charge is 0.0693 e. The quantitative estimate of drug-likeness (QED) is 0.827. The summed E-state index contributed by atoms with van der Waals surface area (Å²) in [5.41, 5.74) is 1.38. The van der Waals surface area contributed by atoms with Crippen LogP contribution < -0.4 is 5.32 Å². The Bertz CT molecular complexity index is 315. The van der Waals surface area contributed by atoms with E-state index in [1.54, 1.807) is 0 Å². The molecule has 0 aliphatic heterocycles. The first-order valence-corrected chi connectivity index (χ1v) is 6.46. The predicted octanol–water partition coefficient (Wildman–Crippen LogP) is 2.37. The first-order chi connectivity index (χ1) is 7.16. The molecule has 2 atom stereocenters. The normalized spacial score (nSPS) is 26.1. The predicted molar refractivity (Wildman–Crippen MR) is 64.3 cm³/mol. The molecule has 2 nitrogen and oxygen atoms in total. The summed E-state index contributed by atoms with van der Waals surface area (Å²) in [4.78, 5) is 2.78. The van der Waals surface area contributed by atoms with Gasteiger partial charge in [-0.2, -0.15) is 0 Å². The highest BCUT2D eigenvalue weighted by atomic mass is 32.1. The molecule has 0 aromatic carbocycles. The molecule has 1 aliphatic carbocycles. The van der Waals surface area contributed by atoms with Crippen LogP contribution in [0.5, 0.6) is 0 Å². The van der Waals surface area contributed by atoms with Crippen molar-refractivity contribution in [3.63, 3.8) is 0 Å². The molecule has 0 radical (unpaired) electrons. The molecule has 0 bridgehead atoms. The lowest BCUT2D eigenvalue weighted by Gasteiger charge is -2.15. The van der Waals surface area contributed by atoms with Crippen LogP contribution in [0.2, 0.25) is 0 Å². The molecule has 84 valence electrons. The van der Waals surface area contributed by atoms with E-state index in [0.717, 1.165) is 25.8 Å². The van der Waals surface area contributed by atoms with Gasteiger partial charge in [0.05, 0.1) is 6.10 Å². The largest absolute Gasteiger partial charge is 0.392 e. The molecule has 1 aromatic rings. The van der Waals surface area contributed by atoms with Gasteiger partial charge >= 0.3 is 0 Å². The van der Waals surface area contributed by atoms with E-state index in [9.17, 15) is 5.11 Å². The van der Waals surface area contributed by atoms with Crippen LogP contribution in [-0.2, 0) is 6.54 Å². The summed E-state index contributed by atoms with van der Waals surface area (Å²) in [5, 5.41) is 13.1. The van der Waals surface area contributed by atoms with Gasteiger partial charge in [-0.3, -0.25) is 0 Å². The molecule has 1 fully saturated rings. The zero-order valence-electron chi connectivity index (χ0n) is 9.42. The van der Waals surface area contributed by atoms with Gasteiger partial charge in [-0.1, -0.05) is 0 Å². The Hall–Kier alpha value is -0.380. The second-order valence-electron chi connectivity index (χ2n) is 4.44. The minimum atomic E-state index is -0.132. The average molecular weight is 225 g/mol. The number of aliphatic hydroxyl groups is 1. The van der Waals surface area contributed by atoms with Gasteiger partial charge in [0.2, 0.25) is 0 Å². The molecule has 0 spiro atoms. The van der Waals surface area contributed by atoms with Crippen molar-refractivity contribution in [3.8, 4) is 0 Å². The molecule has 0 unspecified atom stereocenters. The molecule has 3 heteroatoms. The Labute approximate surface area is 95.3 Å². The lowest BCUT2D eigenvalue weighted by Crippen LogP contribution is -2.34. The number of thiophene rings is 1. The molecule has 2 N–H and O–H groups in total. The van der Waals surface area contributed by atoms with Crippen molar-refractivity contribution < 1.29 is 5.11 Å². The molecule has 0 saturated heterocycles. The Morgan fingerprint density at radius 3 is 2.80 bits per heavy atom. The summed E-state index contributed by atoms with van der Waals surface area (Å²) < 4.78 is 0. The fourth-order valence-electron chi connectivity index (χ4n) is 2.15. The van der Waals surface area contributed by atoms with E-state index in [2.05, 4.69) is 25.2 Å². The summed E-state index contributed by atoms with van der Waals surface area (Å²) in [6.45, 7) is 5.22. The average Bonchev–Trinajstić information content (AvgIpc) is 2.72. The van der Waals surface area contributed by atoms with Crippen LogP contribution in [0.4, 0.5) is 0 Å². The Morgan fingerprint density at radius 1 is 1.47 bits per heavy atom. The Kier molecular flexibility index (Phi) is 3.44. The fourth-order valence-corrected chi connectivity index (χ4v) is 3.15. The standard InChI is InChI=1S/C12H19NOS/c1-8-6-10(15-9(8)2)7-13-11-4-3-5-12(11)14/h6,11-14H,3-5,7H2,1-2H3/t11-,12-/m0/s1. The van der Waals surface area contributed by atoms with E-state index < -0.39 is 0 Å². The van der Waals surface area contributed by atoms with Crippen molar-refractivity contribution in [2.45, 2.75) is 51.8 Å². The second kappa shape index (κ2) is 4.64. The zero-order valence-corrected chi connectivity index (χ0v) is 10.2. The van der Waals surface area contributed by atoms with Crippen LogP contribution in [-0.4, -0.2) is 17.3 Å². The van der Waals surface area contributed by atoms with E-state index in [1.165, 1.54) is 15.3 Å². The lowest BCUT2D eigenvalue weighted by molar-refractivity contribution is 0.149. The summed E-state index contributed by atoms with van der Waals surface area (Å²) in [5.74, 6) is 0. The molecular formula is C12H19NOS. The molecule has 1 heterocycles. The highest BCUT2D eigenvalue weighted by Gasteiger charge is 2.24. The number of hydrogen-bond acceptors (Lipinski definition) is 3. The molecule has 1 saturated carbocycles. The Morgan fingerprint density at radius 2 is 2.27 bits per heavy atom. The van der Waals surface area contributed by atoms with Crippen molar-refractivity contribution in [2.24, 2.45) is 0 Å². The van der Waals surface area contributed by atoms with Crippen LogP contribution in [0.1, 0.15) is 34.6 Å². The number of rotatable bonds is 3. The van der Waals surface area contributed by atoms with Gasteiger partial charge in [-0.15, -0.1) is 11.3 Å². The summed E-state index contributed by atoms with van der Waals surface area (Å²) in [6.07, 6.45) is 3.10. The van der Waals surface area contributed by atoms with Crippen LogP contribution in [0.3, 0.4) is 0 Å². The number of hydrogen-bond donors (Lipinski definition) is 2. The number of nitrogens with one attached hydrogen (secondary N) is 1. The number of aryl methyl sites for hydroxylation is 2. The maximum absolute atomic E-state index is 9.67. The van der Waals surface area contributed by atoms with Crippen molar-refractivity contribution in [2.75, 3.05) is 0 Å². The minimum Gasteiger partial charge on any atom is -0.392 e. The second-order valence-corrected chi connectivity index (χ2v) is 5.78. The number of aliphatic hydroxyl groups excluding tert-OH is 1. The highest BCUT2D eigenvalue weighted by molar-refractivity contribution is 7.12. The van der Waals surface area contributed by atoms with E-state index in [0.29, 0.717) is 6.04 Å². The molecule has 0 amide bonds. The van der Waals surface area contributed by atoms with Gasteiger partial charge in [-0.05, 0) is 44.7 Å². The minimum absolute atomic E-state index is 0.132. The monoisotopic (exact) mass is 225 g/mol. The third-order valence-electron chi connectivity index (χ3n) is 3.23. The van der Waals surface area contributed by atoms with Crippen molar-refractivity contribution in [1.29, 1.82) is 0 Å². The van der Waals surface area contributed by atoms with Gasteiger partial charge in [0.25, 0.3) is 0 Å². The van der Waals surface area contributed by atoms with Crippen molar-refractivity contribution in [3.05, 3.63) is 21.4 Å². The molecule has 2 rings (SSSR count). The first kappa shape index (κ1) is 11.1. The maximum atomic E-state index is 9.67. The summed E-state index contributed by atoms with van der Waals surface area (Å²) in [7, 11) is 0. The third-order valence-corrected chi connectivity index (χ3v) is 4.39. The van der Waals surface area contributed by atoms with E-state index in [1.807, 2.05) is 11.3 Å². The van der Waals surface area contributed by atoms with Crippen LogP contribution >= 0.6 is 11.3 Å². The van der Waals surface area contributed by atoms with Crippen LogP contribution in [0.15, 0.2) is 6.07 Å². The summed E-state index contributed by atoms with van der Waals surface area (Å²) in [6, 6.07) is 2.56. The van der Waals surface area contributed by atoms with Gasteiger partial charge in [-0.25, -0.2) is 0 Å².